The molecule has 1 aromatic rings. The van der Waals surface area contributed by atoms with E-state index in [-0.39, 0.29) is 11.9 Å². The molecule has 0 saturated carbocycles. The number of hydrogen-bond donors (Lipinski definition) is 1. The van der Waals surface area contributed by atoms with Crippen LogP contribution in [0.5, 0.6) is 5.75 Å². The van der Waals surface area contributed by atoms with E-state index in [1.165, 1.54) is 5.56 Å². The Bertz CT molecular complexity index is 420. The Morgan fingerprint density at radius 3 is 2.89 bits per heavy atom. The maximum absolute atomic E-state index is 11.6. The molecule has 0 spiro atoms. The topological polar surface area (TPSA) is 41.6 Å². The maximum Gasteiger partial charge on any atom is 0.237 e. The first-order valence-electron chi connectivity index (χ1n) is 6.32. The number of amides is 1. The Balaban J connectivity index is 1.92. The van der Waals surface area contributed by atoms with Crippen LogP contribution in [0.15, 0.2) is 24.3 Å². The second kappa shape index (κ2) is 5.87. The van der Waals surface area contributed by atoms with Crippen molar-refractivity contribution in [3.8, 4) is 5.75 Å². The minimum absolute atomic E-state index is 0.0275. The van der Waals surface area contributed by atoms with Crippen molar-refractivity contribution in [2.75, 3.05) is 27.2 Å². The summed E-state index contributed by atoms with van der Waals surface area (Å²) in [7, 11) is 3.69. The first-order valence-corrected chi connectivity index (χ1v) is 6.32. The number of nitrogens with zero attached hydrogens (tertiary/aromatic N) is 1. The maximum atomic E-state index is 11.6. The highest BCUT2D eigenvalue weighted by Gasteiger charge is 2.27. The Kier molecular flexibility index (Phi) is 4.20. The van der Waals surface area contributed by atoms with Gasteiger partial charge in [-0.1, -0.05) is 18.2 Å². The first kappa shape index (κ1) is 12.9. The number of carbonyl (C=O) groups excluding carboxylic acids is 1. The molecular weight excluding hydrogens is 228 g/mol. The lowest BCUT2D eigenvalue weighted by molar-refractivity contribution is -0.123. The standard InChI is InChI=1S/C14H20N2O2/c1-16(12-7-9-15-14(12)17)10-8-11-5-3-4-6-13(11)18-2/h3-6,12H,7-10H2,1-2H3,(H,15,17). The SMILES string of the molecule is COc1ccccc1CCN(C)C1CCNC1=O. The van der Waals surface area contributed by atoms with Crippen molar-refractivity contribution in [1.29, 1.82) is 0 Å². The van der Waals surface area contributed by atoms with Gasteiger partial charge in [0.1, 0.15) is 5.75 Å². The molecule has 98 valence electrons. The van der Waals surface area contributed by atoms with Gasteiger partial charge in [0.15, 0.2) is 0 Å². The zero-order valence-electron chi connectivity index (χ0n) is 11.0. The molecule has 1 unspecified atom stereocenters. The fraction of sp³-hybridized carbons (Fsp3) is 0.500. The van der Waals surface area contributed by atoms with Crippen molar-refractivity contribution >= 4 is 5.91 Å². The lowest BCUT2D eigenvalue weighted by Gasteiger charge is -2.22. The van der Waals surface area contributed by atoms with Crippen LogP contribution in [-0.2, 0) is 11.2 Å². The van der Waals surface area contributed by atoms with E-state index in [1.807, 2.05) is 25.2 Å². The third kappa shape index (κ3) is 2.82. The molecule has 1 saturated heterocycles. The van der Waals surface area contributed by atoms with Crippen molar-refractivity contribution in [2.24, 2.45) is 0 Å². The number of methoxy groups -OCH3 is 1. The summed E-state index contributed by atoms with van der Waals surface area (Å²) in [6.45, 7) is 1.65. The quantitative estimate of drug-likeness (QED) is 0.847. The average molecular weight is 248 g/mol. The molecule has 1 aliphatic heterocycles. The van der Waals surface area contributed by atoms with Gasteiger partial charge >= 0.3 is 0 Å². The van der Waals surface area contributed by atoms with Crippen LogP contribution in [0.25, 0.3) is 0 Å². The Morgan fingerprint density at radius 2 is 2.22 bits per heavy atom. The number of nitrogens with one attached hydrogen (secondary N) is 1. The highest BCUT2D eigenvalue weighted by Crippen LogP contribution is 2.18. The molecule has 1 atom stereocenters. The molecule has 2 rings (SSSR count). The molecule has 0 bridgehead atoms. The van der Waals surface area contributed by atoms with E-state index in [2.05, 4.69) is 16.3 Å². The molecule has 1 fully saturated rings. The summed E-state index contributed by atoms with van der Waals surface area (Å²) in [6, 6.07) is 8.05. The zero-order valence-corrected chi connectivity index (χ0v) is 11.0. The molecule has 0 radical (unpaired) electrons. The van der Waals surface area contributed by atoms with Crippen LogP contribution in [0.4, 0.5) is 0 Å². The smallest absolute Gasteiger partial charge is 0.237 e. The van der Waals surface area contributed by atoms with E-state index in [4.69, 9.17) is 4.74 Å². The monoisotopic (exact) mass is 248 g/mol. The summed E-state index contributed by atoms with van der Waals surface area (Å²) in [5, 5.41) is 2.87. The van der Waals surface area contributed by atoms with Crippen molar-refractivity contribution in [2.45, 2.75) is 18.9 Å². The lowest BCUT2D eigenvalue weighted by atomic mass is 10.1. The summed E-state index contributed by atoms with van der Waals surface area (Å²) in [5.41, 5.74) is 1.19. The van der Waals surface area contributed by atoms with Gasteiger partial charge in [0.25, 0.3) is 0 Å². The Labute approximate surface area is 108 Å². The van der Waals surface area contributed by atoms with E-state index in [1.54, 1.807) is 7.11 Å². The third-order valence-electron chi connectivity index (χ3n) is 3.48. The van der Waals surface area contributed by atoms with Crippen LogP contribution in [0.1, 0.15) is 12.0 Å². The highest BCUT2D eigenvalue weighted by atomic mass is 16.5. The molecule has 0 aliphatic carbocycles. The molecule has 1 amide bonds. The van der Waals surface area contributed by atoms with Crippen molar-refractivity contribution in [1.82, 2.24) is 10.2 Å². The fourth-order valence-corrected chi connectivity index (χ4v) is 2.36. The molecule has 1 aromatic carbocycles. The summed E-state index contributed by atoms with van der Waals surface area (Å²) >= 11 is 0. The van der Waals surface area contributed by atoms with Crippen molar-refractivity contribution in [3.05, 3.63) is 29.8 Å². The number of para-hydroxylation sites is 1. The van der Waals surface area contributed by atoms with E-state index in [0.29, 0.717) is 0 Å². The van der Waals surface area contributed by atoms with Crippen molar-refractivity contribution in [3.63, 3.8) is 0 Å². The van der Waals surface area contributed by atoms with E-state index >= 15 is 0 Å². The summed E-state index contributed by atoms with van der Waals surface area (Å²) in [5.74, 6) is 1.07. The highest BCUT2D eigenvalue weighted by molar-refractivity contribution is 5.83. The second-order valence-electron chi connectivity index (χ2n) is 4.64. The van der Waals surface area contributed by atoms with E-state index in [9.17, 15) is 4.79 Å². The number of rotatable bonds is 5. The van der Waals surface area contributed by atoms with Crippen LogP contribution in [-0.4, -0.2) is 44.1 Å². The first-order chi connectivity index (χ1) is 8.72. The van der Waals surface area contributed by atoms with Crippen LogP contribution in [0.3, 0.4) is 0 Å². The minimum Gasteiger partial charge on any atom is -0.496 e. The van der Waals surface area contributed by atoms with Gasteiger partial charge in [-0.15, -0.1) is 0 Å². The molecule has 1 N–H and O–H groups in total. The summed E-state index contributed by atoms with van der Waals surface area (Å²) in [6.07, 6.45) is 1.80. The van der Waals surface area contributed by atoms with Crippen molar-refractivity contribution < 1.29 is 9.53 Å². The number of carbonyl (C=O) groups is 1. The van der Waals surface area contributed by atoms with Gasteiger partial charge in [0, 0.05) is 13.1 Å². The second-order valence-corrected chi connectivity index (χ2v) is 4.64. The van der Waals surface area contributed by atoms with E-state index in [0.717, 1.165) is 31.7 Å². The van der Waals surface area contributed by atoms with Gasteiger partial charge in [0.05, 0.1) is 13.2 Å². The number of ether oxygens (including phenoxy) is 1. The van der Waals surface area contributed by atoms with Crippen LogP contribution in [0.2, 0.25) is 0 Å². The molecule has 4 nitrogen and oxygen atoms in total. The largest absolute Gasteiger partial charge is 0.496 e. The number of hydrogen-bond acceptors (Lipinski definition) is 3. The molecular formula is C14H20N2O2. The predicted octanol–water partition coefficient (Wildman–Crippen LogP) is 1.06. The molecule has 18 heavy (non-hydrogen) atoms. The van der Waals surface area contributed by atoms with Crippen LogP contribution < -0.4 is 10.1 Å². The van der Waals surface area contributed by atoms with E-state index < -0.39 is 0 Å². The lowest BCUT2D eigenvalue weighted by Crippen LogP contribution is -2.39. The summed E-state index contributed by atoms with van der Waals surface area (Å²) < 4.78 is 5.33. The average Bonchev–Trinajstić information content (AvgIpc) is 2.82. The molecule has 4 heteroatoms. The van der Waals surface area contributed by atoms with Crippen LogP contribution >= 0.6 is 0 Å². The van der Waals surface area contributed by atoms with Gasteiger partial charge in [-0.05, 0) is 31.5 Å². The van der Waals surface area contributed by atoms with Gasteiger partial charge in [-0.25, -0.2) is 0 Å². The fourth-order valence-electron chi connectivity index (χ4n) is 2.36. The van der Waals surface area contributed by atoms with Gasteiger partial charge < -0.3 is 10.1 Å². The number of likely N-dealkylation sites (N-methyl/N-ethyl adjacent to an activating group) is 1. The number of benzene rings is 1. The Hall–Kier alpha value is -1.55. The van der Waals surface area contributed by atoms with Gasteiger partial charge in [-0.3, -0.25) is 9.69 Å². The minimum atomic E-state index is 0.0275. The Morgan fingerprint density at radius 1 is 1.44 bits per heavy atom. The molecule has 1 aliphatic rings. The normalized spacial score (nSPS) is 19.1. The van der Waals surface area contributed by atoms with Gasteiger partial charge in [-0.2, -0.15) is 0 Å². The van der Waals surface area contributed by atoms with Crippen LogP contribution in [0, 0.1) is 0 Å². The molecule has 0 aromatic heterocycles. The van der Waals surface area contributed by atoms with Gasteiger partial charge in [0.2, 0.25) is 5.91 Å². The zero-order chi connectivity index (χ0) is 13.0. The molecule has 1 heterocycles. The summed E-state index contributed by atoms with van der Waals surface area (Å²) in [4.78, 5) is 13.7. The predicted molar refractivity (Wildman–Crippen MR) is 70.7 cm³/mol. The third-order valence-corrected chi connectivity index (χ3v) is 3.48.